The van der Waals surface area contributed by atoms with Crippen LogP contribution >= 0.6 is 0 Å². The lowest BCUT2D eigenvalue weighted by atomic mass is 10.2. The minimum absolute atomic E-state index is 0.0946. The second-order valence-corrected chi connectivity index (χ2v) is 8.21. The molecule has 8 N–H and O–H groups in total. The third-order valence-electron chi connectivity index (χ3n) is 3.93. The third kappa shape index (κ3) is 6.29. The van der Waals surface area contributed by atoms with Gasteiger partial charge in [-0.1, -0.05) is 18.2 Å². The van der Waals surface area contributed by atoms with Gasteiger partial charge < -0.3 is 31.6 Å². The number of nitrogens with zero attached hydrogens (tertiary/aromatic N) is 1. The summed E-state index contributed by atoms with van der Waals surface area (Å²) in [6.07, 6.45) is 0. The second-order valence-electron chi connectivity index (χ2n) is 6.53. The van der Waals surface area contributed by atoms with Gasteiger partial charge in [0, 0.05) is 6.54 Å². The molecule has 2 rings (SSSR count). The zero-order chi connectivity index (χ0) is 23.9. The highest BCUT2D eigenvalue weighted by Crippen LogP contribution is 2.14. The van der Waals surface area contributed by atoms with Crippen molar-refractivity contribution < 1.29 is 32.3 Å². The van der Waals surface area contributed by atoms with Gasteiger partial charge in [-0.15, -0.1) is 0 Å². The molecule has 13 nitrogen and oxygen atoms in total. The Hall–Kier alpha value is -3.91. The molecule has 0 saturated heterocycles. The third-order valence-corrected chi connectivity index (χ3v) is 5.50. The summed E-state index contributed by atoms with van der Waals surface area (Å²) in [5, 5.41) is 14.0. The van der Waals surface area contributed by atoms with Crippen molar-refractivity contribution in [1.82, 2.24) is 15.4 Å². The number of carbonyl (C=O) groups is 3. The summed E-state index contributed by atoms with van der Waals surface area (Å²) in [6.45, 7) is 1.17. The number of aliphatic imine (C=N–C) groups is 1. The van der Waals surface area contributed by atoms with Gasteiger partial charge in [-0.2, -0.15) is 4.72 Å². The van der Waals surface area contributed by atoms with Crippen LogP contribution in [0.1, 0.15) is 28.0 Å². The zero-order valence-electron chi connectivity index (χ0n) is 16.9. The predicted octanol–water partition coefficient (Wildman–Crippen LogP) is -1.21. The summed E-state index contributed by atoms with van der Waals surface area (Å²) in [6, 6.07) is 9.35. The number of nitrogens with two attached hydrogens (primary N) is 2. The monoisotopic (exact) mass is 466 g/mol. The summed E-state index contributed by atoms with van der Waals surface area (Å²) in [7, 11) is -4.29. The molecule has 0 aliphatic rings. The van der Waals surface area contributed by atoms with E-state index in [4.69, 9.17) is 15.9 Å². The number of guanidine groups is 1. The molecule has 0 fully saturated rings. The maximum absolute atomic E-state index is 12.5. The fraction of sp³-hybridized carbons (Fsp3) is 0.222. The first-order valence-corrected chi connectivity index (χ1v) is 10.5. The molecule has 172 valence electrons. The van der Waals surface area contributed by atoms with Crippen molar-refractivity contribution in [3.8, 4) is 0 Å². The van der Waals surface area contributed by atoms with Crippen LogP contribution in [0.2, 0.25) is 0 Å². The number of benzene rings is 1. The van der Waals surface area contributed by atoms with E-state index in [1.54, 1.807) is 6.07 Å². The lowest BCUT2D eigenvalue weighted by molar-refractivity contribution is -0.144. The van der Waals surface area contributed by atoms with Gasteiger partial charge in [0.15, 0.2) is 17.5 Å². The van der Waals surface area contributed by atoms with Gasteiger partial charge >= 0.3 is 5.97 Å². The van der Waals surface area contributed by atoms with Crippen LogP contribution in [-0.4, -0.2) is 56.0 Å². The largest absolute Gasteiger partial charge is 0.478 e. The quantitative estimate of drug-likeness (QED) is 0.107. The molecule has 1 aromatic carbocycles. The molecule has 0 radical (unpaired) electrons. The number of nitrogens with one attached hydrogen (secondary N) is 3. The Bertz CT molecular complexity index is 1130. The molecule has 2 aromatic rings. The van der Waals surface area contributed by atoms with Crippen molar-refractivity contribution in [2.45, 2.75) is 17.5 Å². The number of amides is 2. The highest BCUT2D eigenvalue weighted by atomic mass is 32.2. The molecular formula is C18H22N6O7S. The summed E-state index contributed by atoms with van der Waals surface area (Å²) >= 11 is 0. The van der Waals surface area contributed by atoms with Crippen LogP contribution in [0.5, 0.6) is 0 Å². The van der Waals surface area contributed by atoms with Crippen LogP contribution in [0.4, 0.5) is 0 Å². The summed E-state index contributed by atoms with van der Waals surface area (Å²) in [5.41, 5.74) is 7.92. The molecule has 1 aromatic heterocycles. The van der Waals surface area contributed by atoms with E-state index in [2.05, 4.69) is 15.6 Å². The van der Waals surface area contributed by atoms with E-state index in [9.17, 15) is 27.9 Å². The number of furan rings is 1. The Labute approximate surface area is 182 Å². The van der Waals surface area contributed by atoms with Crippen molar-refractivity contribution in [2.75, 3.05) is 13.1 Å². The molecule has 1 atom stereocenters. The number of carboxylic acids is 1. The van der Waals surface area contributed by atoms with E-state index >= 15 is 0 Å². The number of hydrogen-bond donors (Lipinski definition) is 6. The summed E-state index contributed by atoms with van der Waals surface area (Å²) < 4.78 is 32.1. The van der Waals surface area contributed by atoms with Gasteiger partial charge in [-0.25, -0.2) is 13.2 Å². The second kappa shape index (κ2) is 9.93. The van der Waals surface area contributed by atoms with Crippen LogP contribution < -0.4 is 26.8 Å². The van der Waals surface area contributed by atoms with E-state index in [0.29, 0.717) is 0 Å². The highest BCUT2D eigenvalue weighted by molar-refractivity contribution is 7.89. The Kier molecular flexibility index (Phi) is 7.56. The van der Waals surface area contributed by atoms with E-state index in [1.165, 1.54) is 30.3 Å². The first-order chi connectivity index (χ1) is 14.9. The normalized spacial score (nSPS) is 12.9. The van der Waals surface area contributed by atoms with Crippen LogP contribution in [0.15, 0.2) is 56.8 Å². The average molecular weight is 466 g/mol. The molecule has 2 amide bonds. The van der Waals surface area contributed by atoms with Crippen molar-refractivity contribution in [2.24, 2.45) is 16.5 Å². The molecule has 0 unspecified atom stereocenters. The zero-order valence-corrected chi connectivity index (χ0v) is 17.7. The maximum Gasteiger partial charge on any atom is 0.345 e. The molecule has 0 bridgehead atoms. The molecule has 0 saturated carbocycles. The van der Waals surface area contributed by atoms with Crippen LogP contribution in [0, 0.1) is 0 Å². The first-order valence-electron chi connectivity index (χ1n) is 9.03. The number of rotatable bonds is 10. The molecule has 14 heteroatoms. The van der Waals surface area contributed by atoms with Crippen LogP contribution in [0.25, 0.3) is 0 Å². The number of aliphatic carboxylic acids is 1. The summed E-state index contributed by atoms with van der Waals surface area (Å²) in [4.78, 5) is 39.7. The van der Waals surface area contributed by atoms with Crippen molar-refractivity contribution >= 4 is 33.8 Å². The Morgan fingerprint density at radius 3 is 2.22 bits per heavy atom. The fourth-order valence-corrected chi connectivity index (χ4v) is 3.67. The first kappa shape index (κ1) is 24.4. The number of sulfonamides is 1. The summed E-state index contributed by atoms with van der Waals surface area (Å²) in [5.74, 6) is -4.19. The molecule has 32 heavy (non-hydrogen) atoms. The topological polar surface area (TPSA) is 219 Å². The van der Waals surface area contributed by atoms with E-state index in [1.807, 2.05) is 4.72 Å². The Morgan fingerprint density at radius 1 is 1.06 bits per heavy atom. The van der Waals surface area contributed by atoms with Crippen molar-refractivity contribution in [3.05, 3.63) is 54.0 Å². The minimum atomic E-state index is -4.29. The SMILES string of the molecule is C[C@](NC(=O)c1ccc(C(=O)NCCN=C(N)N)o1)(NS(=O)(=O)c1ccccc1)C(=O)O. The molecular weight excluding hydrogens is 444 g/mol. The molecule has 1 heterocycles. The van der Waals surface area contributed by atoms with E-state index < -0.39 is 39.2 Å². The Balaban J connectivity index is 2.11. The standard InChI is InChI=1S/C18H22N6O7S/c1-18(16(27)28,24-32(29,30)11-5-3-2-4-6-11)23-15(26)13-8-7-12(31-13)14(25)21-9-10-22-17(19)20/h2-8,24H,9-10H2,1H3,(H,21,25)(H,23,26)(H,27,28)(H4,19,20,22)/t18-/m0/s1. The predicted molar refractivity (Wildman–Crippen MR) is 112 cm³/mol. The van der Waals surface area contributed by atoms with Gasteiger partial charge in [-0.3, -0.25) is 14.6 Å². The fourth-order valence-electron chi connectivity index (χ4n) is 2.36. The molecule has 0 aliphatic carbocycles. The van der Waals surface area contributed by atoms with Gasteiger partial charge in [0.1, 0.15) is 0 Å². The van der Waals surface area contributed by atoms with Crippen LogP contribution in [-0.2, 0) is 14.8 Å². The lowest BCUT2D eigenvalue weighted by Gasteiger charge is -2.26. The van der Waals surface area contributed by atoms with E-state index in [-0.39, 0.29) is 29.7 Å². The van der Waals surface area contributed by atoms with Gasteiger partial charge in [0.05, 0.1) is 11.4 Å². The van der Waals surface area contributed by atoms with E-state index in [0.717, 1.165) is 13.0 Å². The highest BCUT2D eigenvalue weighted by Gasteiger charge is 2.40. The minimum Gasteiger partial charge on any atom is -0.478 e. The molecule has 0 aliphatic heterocycles. The van der Waals surface area contributed by atoms with Gasteiger partial charge in [0.2, 0.25) is 15.7 Å². The average Bonchev–Trinajstić information content (AvgIpc) is 3.21. The van der Waals surface area contributed by atoms with Crippen molar-refractivity contribution in [1.29, 1.82) is 0 Å². The Morgan fingerprint density at radius 2 is 1.66 bits per heavy atom. The van der Waals surface area contributed by atoms with Gasteiger partial charge in [-0.05, 0) is 31.2 Å². The maximum atomic E-state index is 12.5. The van der Waals surface area contributed by atoms with Gasteiger partial charge in [0.25, 0.3) is 11.8 Å². The van der Waals surface area contributed by atoms with Crippen LogP contribution in [0.3, 0.4) is 0 Å². The smallest absolute Gasteiger partial charge is 0.345 e. The molecule has 0 spiro atoms. The number of carboxylic acid groups (broad SMARTS) is 1. The van der Waals surface area contributed by atoms with Crippen molar-refractivity contribution in [3.63, 3.8) is 0 Å². The lowest BCUT2D eigenvalue weighted by Crippen LogP contribution is -2.63. The number of carbonyl (C=O) groups excluding carboxylic acids is 2. The number of hydrogen-bond acceptors (Lipinski definition) is 7.